The Balaban J connectivity index is 2.28. The number of carbonyl (C=O) groups excluding carboxylic acids is 1. The summed E-state index contributed by atoms with van der Waals surface area (Å²) in [4.78, 5) is 23.6. The summed E-state index contributed by atoms with van der Waals surface area (Å²) < 4.78 is 33.6. The van der Waals surface area contributed by atoms with Crippen LogP contribution in [0, 0.1) is 5.92 Å². The molecular formula is C11H19FN2O5S. The van der Waals surface area contributed by atoms with Crippen LogP contribution < -0.4 is 5.73 Å². The van der Waals surface area contributed by atoms with Gasteiger partial charge in [0.25, 0.3) is 0 Å². The van der Waals surface area contributed by atoms with Gasteiger partial charge in [-0.15, -0.1) is 3.89 Å². The maximum Gasteiger partial charge on any atom is 0.320 e. The van der Waals surface area contributed by atoms with Crippen molar-refractivity contribution in [2.45, 2.75) is 31.7 Å². The van der Waals surface area contributed by atoms with Crippen molar-refractivity contribution in [3.8, 4) is 0 Å². The van der Waals surface area contributed by atoms with Gasteiger partial charge in [0.15, 0.2) is 0 Å². The van der Waals surface area contributed by atoms with Crippen molar-refractivity contribution in [3.63, 3.8) is 0 Å². The molecule has 1 saturated heterocycles. The number of rotatable bonds is 8. The standard InChI is InChI=1S/C11H19FN2O5S/c12-20(18,19)7-8-5-10(15)14(6-8)4-2-1-3-9(13)11(16)17/h8-9H,1-7,13H2,(H,16,17). The number of carboxylic acids is 1. The first kappa shape index (κ1) is 16.8. The number of nitrogens with two attached hydrogens (primary N) is 1. The number of hydrogen-bond donors (Lipinski definition) is 2. The van der Waals surface area contributed by atoms with Crippen LogP contribution in [0.2, 0.25) is 0 Å². The summed E-state index contributed by atoms with van der Waals surface area (Å²) in [5.41, 5.74) is 5.34. The largest absolute Gasteiger partial charge is 0.480 e. The molecule has 0 radical (unpaired) electrons. The molecule has 0 aromatic heterocycles. The fourth-order valence-electron chi connectivity index (χ4n) is 2.25. The number of likely N-dealkylation sites (tertiary alicyclic amines) is 1. The van der Waals surface area contributed by atoms with E-state index in [0.29, 0.717) is 25.8 Å². The minimum Gasteiger partial charge on any atom is -0.480 e. The van der Waals surface area contributed by atoms with E-state index < -0.39 is 33.9 Å². The molecule has 1 aliphatic heterocycles. The van der Waals surface area contributed by atoms with Crippen LogP contribution in [0.15, 0.2) is 0 Å². The first-order chi connectivity index (χ1) is 9.19. The Morgan fingerprint density at radius 1 is 1.50 bits per heavy atom. The predicted molar refractivity (Wildman–Crippen MR) is 69.0 cm³/mol. The lowest BCUT2D eigenvalue weighted by Crippen LogP contribution is -2.31. The molecule has 7 nitrogen and oxygen atoms in total. The minimum atomic E-state index is -4.56. The molecule has 1 fully saturated rings. The predicted octanol–water partition coefficient (Wildman–Crippen LogP) is -0.284. The lowest BCUT2D eigenvalue weighted by Gasteiger charge is -2.16. The Bertz CT molecular complexity index is 467. The van der Waals surface area contributed by atoms with Crippen LogP contribution in [0.25, 0.3) is 0 Å². The zero-order valence-electron chi connectivity index (χ0n) is 11.0. The van der Waals surface area contributed by atoms with E-state index in [1.54, 1.807) is 0 Å². The fourth-order valence-corrected chi connectivity index (χ4v) is 3.04. The molecule has 9 heteroatoms. The lowest BCUT2D eigenvalue weighted by molar-refractivity contribution is -0.138. The summed E-state index contributed by atoms with van der Waals surface area (Å²) in [5, 5.41) is 8.60. The van der Waals surface area contributed by atoms with Crippen molar-refractivity contribution in [3.05, 3.63) is 0 Å². The van der Waals surface area contributed by atoms with Crippen molar-refractivity contribution in [2.24, 2.45) is 11.7 Å². The molecule has 0 saturated carbocycles. The lowest BCUT2D eigenvalue weighted by atomic mass is 10.1. The van der Waals surface area contributed by atoms with Crippen molar-refractivity contribution in [1.82, 2.24) is 4.90 Å². The number of amides is 1. The van der Waals surface area contributed by atoms with E-state index in [-0.39, 0.29) is 18.9 Å². The van der Waals surface area contributed by atoms with Gasteiger partial charge in [-0.1, -0.05) is 0 Å². The van der Waals surface area contributed by atoms with Crippen molar-refractivity contribution >= 4 is 22.1 Å². The molecule has 1 heterocycles. The molecule has 1 amide bonds. The van der Waals surface area contributed by atoms with Crippen LogP contribution in [0.5, 0.6) is 0 Å². The Labute approximate surface area is 117 Å². The Morgan fingerprint density at radius 2 is 2.15 bits per heavy atom. The molecule has 0 spiro atoms. The van der Waals surface area contributed by atoms with Gasteiger partial charge in [0, 0.05) is 25.4 Å². The van der Waals surface area contributed by atoms with Crippen LogP contribution in [0.4, 0.5) is 3.89 Å². The highest BCUT2D eigenvalue weighted by Crippen LogP contribution is 2.20. The molecule has 2 atom stereocenters. The van der Waals surface area contributed by atoms with Gasteiger partial charge in [0.2, 0.25) is 5.91 Å². The van der Waals surface area contributed by atoms with E-state index in [2.05, 4.69) is 0 Å². The molecule has 1 aliphatic rings. The molecule has 0 aromatic carbocycles. The van der Waals surface area contributed by atoms with Crippen LogP contribution in [-0.2, 0) is 19.8 Å². The summed E-state index contributed by atoms with van der Waals surface area (Å²) in [7, 11) is -4.56. The van der Waals surface area contributed by atoms with Gasteiger partial charge in [-0.2, -0.15) is 8.42 Å². The Morgan fingerprint density at radius 3 is 2.70 bits per heavy atom. The number of hydrogen-bond acceptors (Lipinski definition) is 5. The molecule has 116 valence electrons. The molecule has 2 unspecified atom stereocenters. The van der Waals surface area contributed by atoms with Gasteiger partial charge in [-0.3, -0.25) is 9.59 Å². The summed E-state index contributed by atoms with van der Waals surface area (Å²) in [6.07, 6.45) is 1.50. The average molecular weight is 310 g/mol. The zero-order chi connectivity index (χ0) is 15.3. The molecule has 0 aromatic rings. The maximum absolute atomic E-state index is 12.5. The molecule has 0 aliphatic carbocycles. The quantitative estimate of drug-likeness (QED) is 0.470. The number of carbonyl (C=O) groups is 2. The van der Waals surface area contributed by atoms with Crippen LogP contribution in [0.3, 0.4) is 0 Å². The third-order valence-corrected chi connectivity index (χ3v) is 4.11. The SMILES string of the molecule is NC(CCCCN1CC(CS(=O)(=O)F)CC1=O)C(=O)O. The van der Waals surface area contributed by atoms with E-state index >= 15 is 0 Å². The normalized spacial score (nSPS) is 21.2. The molecule has 20 heavy (non-hydrogen) atoms. The number of aliphatic carboxylic acids is 1. The van der Waals surface area contributed by atoms with Gasteiger partial charge in [0.1, 0.15) is 6.04 Å². The van der Waals surface area contributed by atoms with Gasteiger partial charge < -0.3 is 15.7 Å². The highest BCUT2D eigenvalue weighted by atomic mass is 32.3. The maximum atomic E-state index is 12.5. The highest BCUT2D eigenvalue weighted by Gasteiger charge is 2.32. The first-order valence-electron chi connectivity index (χ1n) is 6.37. The monoisotopic (exact) mass is 310 g/mol. The van der Waals surface area contributed by atoms with Gasteiger partial charge in [-0.25, -0.2) is 0 Å². The van der Waals surface area contributed by atoms with Crippen LogP contribution in [-0.4, -0.2) is 55.2 Å². The topological polar surface area (TPSA) is 118 Å². The van der Waals surface area contributed by atoms with Crippen molar-refractivity contribution in [1.29, 1.82) is 0 Å². The second kappa shape index (κ2) is 6.98. The van der Waals surface area contributed by atoms with E-state index in [1.807, 2.05) is 0 Å². The number of carboxylic acid groups (broad SMARTS) is 1. The van der Waals surface area contributed by atoms with E-state index in [1.165, 1.54) is 4.90 Å². The first-order valence-corrected chi connectivity index (χ1v) is 7.93. The van der Waals surface area contributed by atoms with E-state index in [9.17, 15) is 21.9 Å². The molecular weight excluding hydrogens is 291 g/mol. The highest BCUT2D eigenvalue weighted by molar-refractivity contribution is 7.86. The van der Waals surface area contributed by atoms with E-state index in [4.69, 9.17) is 10.8 Å². The van der Waals surface area contributed by atoms with E-state index in [0.717, 1.165) is 0 Å². The summed E-state index contributed by atoms with van der Waals surface area (Å²) >= 11 is 0. The minimum absolute atomic E-state index is 0.0395. The average Bonchev–Trinajstić information content (AvgIpc) is 2.62. The van der Waals surface area contributed by atoms with Crippen LogP contribution in [0.1, 0.15) is 25.7 Å². The van der Waals surface area contributed by atoms with Gasteiger partial charge in [0.05, 0.1) is 5.75 Å². The molecule has 0 bridgehead atoms. The molecule has 3 N–H and O–H groups in total. The summed E-state index contributed by atoms with van der Waals surface area (Å²) in [6, 6.07) is -0.909. The number of unbranched alkanes of at least 4 members (excludes halogenated alkanes) is 1. The number of nitrogens with zero attached hydrogens (tertiary/aromatic N) is 1. The summed E-state index contributed by atoms with van der Waals surface area (Å²) in [5.74, 6) is -2.38. The summed E-state index contributed by atoms with van der Waals surface area (Å²) in [6.45, 7) is 0.640. The van der Waals surface area contributed by atoms with Crippen molar-refractivity contribution < 1.29 is 27.0 Å². The van der Waals surface area contributed by atoms with Crippen molar-refractivity contribution in [2.75, 3.05) is 18.8 Å². The fraction of sp³-hybridized carbons (Fsp3) is 0.818. The third kappa shape index (κ3) is 5.83. The smallest absolute Gasteiger partial charge is 0.320 e. The second-order valence-electron chi connectivity index (χ2n) is 5.06. The third-order valence-electron chi connectivity index (χ3n) is 3.24. The van der Waals surface area contributed by atoms with Gasteiger partial charge in [-0.05, 0) is 19.3 Å². The molecule has 1 rings (SSSR count). The van der Waals surface area contributed by atoms with Crippen LogP contribution >= 0.6 is 0 Å². The Kier molecular flexibility index (Phi) is 5.88. The Hall–Kier alpha value is -1.22. The van der Waals surface area contributed by atoms with Gasteiger partial charge >= 0.3 is 16.2 Å². The second-order valence-corrected chi connectivity index (χ2v) is 6.47. The number of halogens is 1. The zero-order valence-corrected chi connectivity index (χ0v) is 11.8.